The van der Waals surface area contributed by atoms with Crippen molar-refractivity contribution in [2.24, 2.45) is 5.92 Å². The Bertz CT molecular complexity index is 534. The third kappa shape index (κ3) is 2.43. The minimum Gasteiger partial charge on any atom is -0.454 e. The molecule has 1 aromatic carbocycles. The van der Waals surface area contributed by atoms with Crippen molar-refractivity contribution >= 4 is 17.5 Å². The highest BCUT2D eigenvalue weighted by molar-refractivity contribution is 6.32. The van der Waals surface area contributed by atoms with Gasteiger partial charge in [0.05, 0.1) is 5.02 Å². The summed E-state index contributed by atoms with van der Waals surface area (Å²) < 4.78 is 10.5. The molecule has 1 aliphatic carbocycles. The minimum absolute atomic E-state index is 0.0247. The van der Waals surface area contributed by atoms with Crippen LogP contribution in [0.15, 0.2) is 12.1 Å². The van der Waals surface area contributed by atoms with Gasteiger partial charge in [0.25, 0.3) is 5.91 Å². The molecule has 0 saturated heterocycles. The van der Waals surface area contributed by atoms with Gasteiger partial charge in [-0.25, -0.2) is 0 Å². The van der Waals surface area contributed by atoms with E-state index in [4.69, 9.17) is 21.1 Å². The van der Waals surface area contributed by atoms with Crippen LogP contribution in [0.5, 0.6) is 11.5 Å². The van der Waals surface area contributed by atoms with Crippen molar-refractivity contribution in [2.45, 2.75) is 25.3 Å². The van der Waals surface area contributed by atoms with Crippen molar-refractivity contribution in [2.75, 3.05) is 13.4 Å². The first-order valence-corrected chi connectivity index (χ1v) is 7.07. The Kier molecular flexibility index (Phi) is 3.72. The van der Waals surface area contributed by atoms with Crippen LogP contribution >= 0.6 is 11.6 Å². The van der Waals surface area contributed by atoms with Crippen LogP contribution in [0.25, 0.3) is 0 Å². The first-order valence-electron chi connectivity index (χ1n) is 6.70. The molecule has 2 aliphatic rings. The van der Waals surface area contributed by atoms with E-state index in [0.29, 0.717) is 22.1 Å². The molecule has 1 aromatic rings. The summed E-state index contributed by atoms with van der Waals surface area (Å²) in [7, 11) is 0. The number of carbonyl (C=O) groups is 1. The Morgan fingerprint density at radius 1 is 1.40 bits per heavy atom. The summed E-state index contributed by atoms with van der Waals surface area (Å²) in [6.45, 7) is 0.224. The molecule has 2 N–H and O–H groups in total. The number of nitrogens with one attached hydrogen (secondary N) is 1. The van der Waals surface area contributed by atoms with Crippen LogP contribution in [0.4, 0.5) is 0 Å². The number of hydrogen-bond donors (Lipinski definition) is 2. The molecule has 1 heterocycles. The number of benzene rings is 1. The molecule has 20 heavy (non-hydrogen) atoms. The summed E-state index contributed by atoms with van der Waals surface area (Å²) >= 11 is 6.07. The molecule has 0 spiro atoms. The number of aliphatic hydroxyl groups is 1. The lowest BCUT2D eigenvalue weighted by atomic mass is 10.0. The summed E-state index contributed by atoms with van der Waals surface area (Å²) in [5.74, 6) is 0.920. The zero-order valence-electron chi connectivity index (χ0n) is 10.9. The second kappa shape index (κ2) is 5.50. The lowest BCUT2D eigenvalue weighted by Crippen LogP contribution is -2.38. The Labute approximate surface area is 121 Å². The highest BCUT2D eigenvalue weighted by Gasteiger charge is 2.29. The molecule has 6 heteroatoms. The number of aliphatic hydroxyl groups excluding tert-OH is 1. The third-order valence-electron chi connectivity index (χ3n) is 3.90. The summed E-state index contributed by atoms with van der Waals surface area (Å²) in [5.41, 5.74) is 0.447. The van der Waals surface area contributed by atoms with Crippen LogP contribution in [0.2, 0.25) is 5.02 Å². The monoisotopic (exact) mass is 297 g/mol. The molecule has 3 rings (SSSR count). The number of rotatable bonds is 3. The lowest BCUT2D eigenvalue weighted by Gasteiger charge is -2.19. The van der Waals surface area contributed by atoms with Crippen molar-refractivity contribution in [1.82, 2.24) is 5.32 Å². The highest BCUT2D eigenvalue weighted by Crippen LogP contribution is 2.39. The number of fused-ring (bicyclic) bond motifs is 1. The fraction of sp³-hybridized carbons (Fsp3) is 0.500. The van der Waals surface area contributed by atoms with Gasteiger partial charge in [-0.3, -0.25) is 4.79 Å². The SMILES string of the molecule is O=C(NC1CCCC1CO)c1cc(Cl)c2c(c1)OCO2. The quantitative estimate of drug-likeness (QED) is 0.895. The molecule has 1 saturated carbocycles. The van der Waals surface area contributed by atoms with Crippen LogP contribution in [0, 0.1) is 5.92 Å². The van der Waals surface area contributed by atoms with Gasteiger partial charge in [-0.1, -0.05) is 18.0 Å². The fourth-order valence-corrected chi connectivity index (χ4v) is 3.06. The maximum absolute atomic E-state index is 12.3. The standard InChI is InChI=1S/C14H16ClNO4/c15-10-4-9(5-12-13(10)20-7-19-12)14(18)16-11-3-1-2-8(11)6-17/h4-5,8,11,17H,1-3,6-7H2,(H,16,18). The molecule has 5 nitrogen and oxygen atoms in total. The van der Waals surface area contributed by atoms with E-state index in [1.54, 1.807) is 12.1 Å². The summed E-state index contributed by atoms with van der Waals surface area (Å²) in [6, 6.07) is 3.23. The molecular formula is C14H16ClNO4. The van der Waals surface area contributed by atoms with Crippen LogP contribution in [-0.4, -0.2) is 30.5 Å². The van der Waals surface area contributed by atoms with Gasteiger partial charge in [0.1, 0.15) is 0 Å². The summed E-state index contributed by atoms with van der Waals surface area (Å²) in [4.78, 5) is 12.3. The molecule has 1 amide bonds. The largest absolute Gasteiger partial charge is 0.454 e. The van der Waals surface area contributed by atoms with Gasteiger partial charge < -0.3 is 19.9 Å². The lowest BCUT2D eigenvalue weighted by molar-refractivity contribution is 0.0915. The van der Waals surface area contributed by atoms with Gasteiger partial charge in [0, 0.05) is 24.1 Å². The molecule has 1 fully saturated rings. The number of hydrogen-bond acceptors (Lipinski definition) is 4. The van der Waals surface area contributed by atoms with Gasteiger partial charge >= 0.3 is 0 Å². The zero-order valence-corrected chi connectivity index (χ0v) is 11.7. The Hall–Kier alpha value is -1.46. The highest BCUT2D eigenvalue weighted by atomic mass is 35.5. The van der Waals surface area contributed by atoms with Crippen LogP contribution in [-0.2, 0) is 0 Å². The molecular weight excluding hydrogens is 282 g/mol. The molecule has 1 aliphatic heterocycles. The van der Waals surface area contributed by atoms with E-state index in [1.807, 2.05) is 0 Å². The van der Waals surface area contributed by atoms with Gasteiger partial charge in [0.2, 0.25) is 6.79 Å². The smallest absolute Gasteiger partial charge is 0.251 e. The van der Waals surface area contributed by atoms with E-state index >= 15 is 0 Å². The second-order valence-corrected chi connectivity index (χ2v) is 5.55. The maximum atomic E-state index is 12.3. The van der Waals surface area contributed by atoms with Gasteiger partial charge in [0.15, 0.2) is 11.5 Å². The first kappa shape index (κ1) is 13.5. The third-order valence-corrected chi connectivity index (χ3v) is 4.18. The first-order chi connectivity index (χ1) is 9.69. The normalized spacial score (nSPS) is 23.9. The molecule has 2 atom stereocenters. The van der Waals surface area contributed by atoms with Gasteiger partial charge in [-0.15, -0.1) is 0 Å². The van der Waals surface area contributed by atoms with E-state index in [-0.39, 0.29) is 31.3 Å². The maximum Gasteiger partial charge on any atom is 0.251 e. The van der Waals surface area contributed by atoms with Crippen LogP contribution < -0.4 is 14.8 Å². The summed E-state index contributed by atoms with van der Waals surface area (Å²) in [5, 5.41) is 12.6. The summed E-state index contributed by atoms with van der Waals surface area (Å²) in [6.07, 6.45) is 2.87. The molecule has 108 valence electrons. The number of halogens is 1. The molecule has 0 aromatic heterocycles. The Morgan fingerprint density at radius 2 is 2.25 bits per heavy atom. The van der Waals surface area contributed by atoms with E-state index < -0.39 is 0 Å². The fourth-order valence-electron chi connectivity index (χ4n) is 2.80. The number of ether oxygens (including phenoxy) is 2. The number of carbonyl (C=O) groups excluding carboxylic acids is 1. The van der Waals surface area contributed by atoms with Crippen molar-refractivity contribution in [3.63, 3.8) is 0 Å². The topological polar surface area (TPSA) is 67.8 Å². The predicted octanol–water partition coefficient (Wildman–Crippen LogP) is 1.96. The van der Waals surface area contributed by atoms with Crippen LogP contribution in [0.3, 0.4) is 0 Å². The van der Waals surface area contributed by atoms with Crippen molar-refractivity contribution < 1.29 is 19.4 Å². The van der Waals surface area contributed by atoms with Crippen LogP contribution in [0.1, 0.15) is 29.6 Å². The second-order valence-electron chi connectivity index (χ2n) is 5.15. The predicted molar refractivity (Wildman–Crippen MR) is 73.3 cm³/mol. The molecule has 0 bridgehead atoms. The average molecular weight is 298 g/mol. The van der Waals surface area contributed by atoms with E-state index in [1.165, 1.54) is 0 Å². The minimum atomic E-state index is -0.199. The van der Waals surface area contributed by atoms with Gasteiger partial charge in [-0.2, -0.15) is 0 Å². The van der Waals surface area contributed by atoms with E-state index in [9.17, 15) is 9.90 Å². The Balaban J connectivity index is 1.76. The molecule has 2 unspecified atom stereocenters. The van der Waals surface area contributed by atoms with Crippen molar-refractivity contribution in [3.8, 4) is 11.5 Å². The van der Waals surface area contributed by atoms with E-state index in [2.05, 4.69) is 5.32 Å². The Morgan fingerprint density at radius 3 is 3.05 bits per heavy atom. The van der Waals surface area contributed by atoms with Gasteiger partial charge in [-0.05, 0) is 25.0 Å². The van der Waals surface area contributed by atoms with Crippen molar-refractivity contribution in [1.29, 1.82) is 0 Å². The number of amides is 1. The zero-order chi connectivity index (χ0) is 14.1. The average Bonchev–Trinajstić information content (AvgIpc) is 3.06. The molecule has 0 radical (unpaired) electrons. The van der Waals surface area contributed by atoms with Crippen molar-refractivity contribution in [3.05, 3.63) is 22.7 Å². The van der Waals surface area contributed by atoms with E-state index in [0.717, 1.165) is 19.3 Å².